The summed E-state index contributed by atoms with van der Waals surface area (Å²) in [4.78, 5) is 2.21. The largest absolute Gasteiger partial charge is 0.378 e. The average molecular weight is 384 g/mol. The van der Waals surface area contributed by atoms with E-state index in [2.05, 4.69) is 44.8 Å². The summed E-state index contributed by atoms with van der Waals surface area (Å²) < 4.78 is 20.7. The number of anilines is 1. The standard InChI is InChI=1S/C20H21FN4OS/c1-15-3-2-4-18(13-15)25-19(24-9-11-26-12-10-24)22-23-20(25)27-14-16-5-7-17(21)8-6-16/h2-8,13H,9-12,14H2,1H3. The molecule has 1 fully saturated rings. The first-order valence-corrected chi connectivity index (χ1v) is 9.92. The third kappa shape index (κ3) is 4.14. The van der Waals surface area contributed by atoms with Gasteiger partial charge in [0.25, 0.3) is 0 Å². The van der Waals surface area contributed by atoms with Gasteiger partial charge in [0.15, 0.2) is 5.16 Å². The molecule has 4 rings (SSSR count). The highest BCUT2D eigenvalue weighted by molar-refractivity contribution is 7.98. The highest BCUT2D eigenvalue weighted by atomic mass is 32.2. The zero-order valence-corrected chi connectivity index (χ0v) is 16.0. The van der Waals surface area contributed by atoms with Gasteiger partial charge in [0.2, 0.25) is 5.95 Å². The van der Waals surface area contributed by atoms with Gasteiger partial charge in [-0.15, -0.1) is 10.2 Å². The van der Waals surface area contributed by atoms with Crippen LogP contribution in [0.4, 0.5) is 10.3 Å². The van der Waals surface area contributed by atoms with Crippen molar-refractivity contribution in [2.75, 3.05) is 31.2 Å². The summed E-state index contributed by atoms with van der Waals surface area (Å²) in [6.45, 7) is 5.06. The molecule has 0 unspecified atom stereocenters. The summed E-state index contributed by atoms with van der Waals surface area (Å²) in [5, 5.41) is 9.75. The lowest BCUT2D eigenvalue weighted by Gasteiger charge is -2.28. The molecule has 5 nitrogen and oxygen atoms in total. The van der Waals surface area contributed by atoms with Crippen molar-refractivity contribution >= 4 is 17.7 Å². The molecule has 0 aliphatic carbocycles. The van der Waals surface area contributed by atoms with Crippen LogP contribution < -0.4 is 4.90 Å². The second-order valence-electron chi connectivity index (χ2n) is 6.47. The van der Waals surface area contributed by atoms with Gasteiger partial charge in [-0.3, -0.25) is 4.57 Å². The number of nitrogens with zero attached hydrogens (tertiary/aromatic N) is 4. The predicted octanol–water partition coefficient (Wildman–Crippen LogP) is 3.84. The van der Waals surface area contributed by atoms with Gasteiger partial charge in [0, 0.05) is 18.8 Å². The monoisotopic (exact) mass is 384 g/mol. The highest BCUT2D eigenvalue weighted by Gasteiger charge is 2.21. The van der Waals surface area contributed by atoms with Crippen LogP contribution in [-0.2, 0) is 10.5 Å². The van der Waals surface area contributed by atoms with Crippen LogP contribution in [0.5, 0.6) is 0 Å². The Labute approximate surface area is 162 Å². The zero-order valence-electron chi connectivity index (χ0n) is 15.1. The Bertz CT molecular complexity index is 907. The SMILES string of the molecule is Cc1cccc(-n2c(SCc3ccc(F)cc3)nnc2N2CCOCC2)c1. The van der Waals surface area contributed by atoms with Crippen molar-refractivity contribution in [1.82, 2.24) is 14.8 Å². The number of morpholine rings is 1. The molecule has 0 spiro atoms. The maximum Gasteiger partial charge on any atom is 0.232 e. The molecule has 0 bridgehead atoms. The van der Waals surface area contributed by atoms with Crippen LogP contribution in [0.1, 0.15) is 11.1 Å². The quantitative estimate of drug-likeness (QED) is 0.625. The Balaban J connectivity index is 1.65. The number of ether oxygens (including phenoxy) is 1. The van der Waals surface area contributed by atoms with E-state index in [0.717, 1.165) is 35.4 Å². The van der Waals surface area contributed by atoms with Gasteiger partial charge in [0.05, 0.1) is 18.9 Å². The third-order valence-corrected chi connectivity index (χ3v) is 5.45. The van der Waals surface area contributed by atoms with Gasteiger partial charge in [-0.25, -0.2) is 4.39 Å². The molecule has 3 aromatic rings. The predicted molar refractivity (Wildman–Crippen MR) is 105 cm³/mol. The lowest BCUT2D eigenvalue weighted by atomic mass is 10.2. The minimum absolute atomic E-state index is 0.221. The van der Waals surface area contributed by atoms with Crippen LogP contribution in [-0.4, -0.2) is 41.1 Å². The van der Waals surface area contributed by atoms with Crippen molar-refractivity contribution < 1.29 is 9.13 Å². The summed E-state index contributed by atoms with van der Waals surface area (Å²) in [5.41, 5.74) is 3.28. The van der Waals surface area contributed by atoms with Crippen molar-refractivity contribution in [3.63, 3.8) is 0 Å². The summed E-state index contributed by atoms with van der Waals surface area (Å²) in [6.07, 6.45) is 0. The molecule has 2 aromatic carbocycles. The van der Waals surface area contributed by atoms with E-state index in [-0.39, 0.29) is 5.82 Å². The van der Waals surface area contributed by atoms with Crippen molar-refractivity contribution in [2.24, 2.45) is 0 Å². The van der Waals surface area contributed by atoms with Crippen LogP contribution in [0.3, 0.4) is 0 Å². The number of hydrogen-bond donors (Lipinski definition) is 0. The van der Waals surface area contributed by atoms with Crippen LogP contribution >= 0.6 is 11.8 Å². The van der Waals surface area contributed by atoms with Crippen molar-refractivity contribution in [1.29, 1.82) is 0 Å². The first-order valence-electron chi connectivity index (χ1n) is 8.93. The molecular weight excluding hydrogens is 363 g/mol. The molecule has 1 aliphatic rings. The van der Waals surface area contributed by atoms with E-state index in [1.165, 1.54) is 17.7 Å². The van der Waals surface area contributed by atoms with Gasteiger partial charge >= 0.3 is 0 Å². The number of rotatable bonds is 5. The first-order chi connectivity index (χ1) is 13.2. The maximum absolute atomic E-state index is 13.1. The third-order valence-electron chi connectivity index (χ3n) is 4.45. The summed E-state index contributed by atoms with van der Waals surface area (Å²) in [6, 6.07) is 14.9. The smallest absolute Gasteiger partial charge is 0.232 e. The molecule has 7 heteroatoms. The molecule has 140 valence electrons. The Kier molecular flexibility index (Phi) is 5.40. The van der Waals surface area contributed by atoms with Crippen molar-refractivity contribution in [2.45, 2.75) is 17.8 Å². The fraction of sp³-hybridized carbons (Fsp3) is 0.300. The summed E-state index contributed by atoms with van der Waals surface area (Å²) in [5.74, 6) is 1.32. The number of aromatic nitrogens is 3. The van der Waals surface area contributed by atoms with Crippen LogP contribution in [0.15, 0.2) is 53.7 Å². The Morgan fingerprint density at radius 1 is 1.07 bits per heavy atom. The van der Waals surface area contributed by atoms with Crippen molar-refractivity contribution in [3.8, 4) is 5.69 Å². The second-order valence-corrected chi connectivity index (χ2v) is 7.41. The molecule has 2 heterocycles. The van der Waals surface area contributed by atoms with Crippen LogP contribution in [0.25, 0.3) is 5.69 Å². The van der Waals surface area contributed by atoms with Crippen LogP contribution in [0, 0.1) is 12.7 Å². The minimum Gasteiger partial charge on any atom is -0.378 e. The Morgan fingerprint density at radius 3 is 2.59 bits per heavy atom. The normalized spacial score (nSPS) is 14.5. The molecule has 27 heavy (non-hydrogen) atoms. The fourth-order valence-electron chi connectivity index (χ4n) is 3.05. The lowest BCUT2D eigenvalue weighted by Crippen LogP contribution is -2.37. The van der Waals surface area contributed by atoms with Gasteiger partial charge < -0.3 is 9.64 Å². The summed E-state index contributed by atoms with van der Waals surface area (Å²) in [7, 11) is 0. The topological polar surface area (TPSA) is 43.2 Å². The molecule has 0 saturated carbocycles. The second kappa shape index (κ2) is 8.10. The molecule has 1 aliphatic heterocycles. The number of benzene rings is 2. The minimum atomic E-state index is -0.221. The number of aryl methyl sites for hydroxylation is 1. The molecule has 1 aromatic heterocycles. The molecule has 0 N–H and O–H groups in total. The maximum atomic E-state index is 13.1. The van der Waals surface area contributed by atoms with E-state index >= 15 is 0 Å². The number of thioether (sulfide) groups is 1. The highest BCUT2D eigenvalue weighted by Crippen LogP contribution is 2.29. The van der Waals surface area contributed by atoms with E-state index in [0.29, 0.717) is 19.0 Å². The van der Waals surface area contributed by atoms with Gasteiger partial charge in [-0.05, 0) is 42.3 Å². The Hall–Kier alpha value is -2.38. The summed E-state index contributed by atoms with van der Waals surface area (Å²) >= 11 is 1.60. The van der Waals surface area contributed by atoms with Crippen LogP contribution in [0.2, 0.25) is 0 Å². The van der Waals surface area contributed by atoms with E-state index in [9.17, 15) is 4.39 Å². The average Bonchev–Trinajstić information content (AvgIpc) is 3.12. The molecule has 0 amide bonds. The van der Waals surface area contributed by atoms with E-state index in [1.54, 1.807) is 23.9 Å². The molecule has 0 radical (unpaired) electrons. The van der Waals surface area contributed by atoms with E-state index in [1.807, 2.05) is 6.07 Å². The van der Waals surface area contributed by atoms with E-state index in [4.69, 9.17) is 4.74 Å². The first kappa shape index (κ1) is 18.0. The van der Waals surface area contributed by atoms with Gasteiger partial charge in [-0.2, -0.15) is 0 Å². The molecule has 1 saturated heterocycles. The van der Waals surface area contributed by atoms with Gasteiger partial charge in [-0.1, -0.05) is 36.0 Å². The number of hydrogen-bond acceptors (Lipinski definition) is 5. The molecular formula is C20H21FN4OS. The zero-order chi connectivity index (χ0) is 18.6. The van der Waals surface area contributed by atoms with E-state index < -0.39 is 0 Å². The van der Waals surface area contributed by atoms with Crippen molar-refractivity contribution in [3.05, 3.63) is 65.5 Å². The number of halogens is 1. The molecule has 0 atom stereocenters. The Morgan fingerprint density at radius 2 is 1.85 bits per heavy atom. The fourth-order valence-corrected chi connectivity index (χ4v) is 3.95. The lowest BCUT2D eigenvalue weighted by molar-refractivity contribution is 0.122. The van der Waals surface area contributed by atoms with Gasteiger partial charge in [0.1, 0.15) is 5.82 Å².